The molecule has 2 rings (SSSR count). The van der Waals surface area contributed by atoms with Crippen molar-refractivity contribution in [1.29, 1.82) is 0 Å². The van der Waals surface area contributed by atoms with Crippen LogP contribution in [0.15, 0.2) is 30.3 Å². The number of carbonyl (C=O) groups excluding carboxylic acids is 2. The predicted molar refractivity (Wildman–Crippen MR) is 80.2 cm³/mol. The summed E-state index contributed by atoms with van der Waals surface area (Å²) in [6.45, 7) is 10.1. The highest BCUT2D eigenvalue weighted by atomic mass is 16.2. The van der Waals surface area contributed by atoms with Crippen LogP contribution in [0, 0.1) is 23.2 Å². The number of para-hydroxylation sites is 1. The number of carbonyl (C=O) groups is 2. The summed E-state index contributed by atoms with van der Waals surface area (Å²) in [5, 5.41) is 0. The zero-order chi connectivity index (χ0) is 15.1. The Bertz CT molecular complexity index is 514. The fraction of sp³-hybridized carbons (Fsp3) is 0.529. The minimum atomic E-state index is -0.254. The molecule has 0 aliphatic carbocycles. The maximum atomic E-state index is 12.8. The Morgan fingerprint density at radius 2 is 1.55 bits per heavy atom. The van der Waals surface area contributed by atoms with Gasteiger partial charge in [-0.05, 0) is 23.5 Å². The normalized spacial score (nSPS) is 23.8. The minimum absolute atomic E-state index is 0.0591. The third kappa shape index (κ3) is 2.37. The van der Waals surface area contributed by atoms with E-state index in [1.165, 1.54) is 4.90 Å². The van der Waals surface area contributed by atoms with Gasteiger partial charge >= 0.3 is 0 Å². The number of hydrogen-bond donors (Lipinski definition) is 0. The topological polar surface area (TPSA) is 37.4 Å². The quantitative estimate of drug-likeness (QED) is 0.773. The molecular formula is C17H23NO2. The molecular weight excluding hydrogens is 250 g/mol. The Morgan fingerprint density at radius 3 is 1.95 bits per heavy atom. The molecule has 0 radical (unpaired) electrons. The zero-order valence-corrected chi connectivity index (χ0v) is 12.9. The van der Waals surface area contributed by atoms with E-state index in [1.54, 1.807) is 0 Å². The van der Waals surface area contributed by atoms with E-state index in [1.807, 2.05) is 65.0 Å². The van der Waals surface area contributed by atoms with Crippen molar-refractivity contribution < 1.29 is 9.59 Å². The van der Waals surface area contributed by atoms with Gasteiger partial charge in [0.15, 0.2) is 0 Å². The summed E-state index contributed by atoms with van der Waals surface area (Å²) in [6, 6.07) is 9.22. The number of hydrogen-bond acceptors (Lipinski definition) is 2. The van der Waals surface area contributed by atoms with Gasteiger partial charge in [-0.15, -0.1) is 0 Å². The highest BCUT2D eigenvalue weighted by Crippen LogP contribution is 2.44. The van der Waals surface area contributed by atoms with Crippen LogP contribution in [-0.4, -0.2) is 11.8 Å². The fourth-order valence-electron chi connectivity index (χ4n) is 3.10. The van der Waals surface area contributed by atoms with Crippen LogP contribution in [0.1, 0.15) is 34.6 Å². The summed E-state index contributed by atoms with van der Waals surface area (Å²) in [6.07, 6.45) is 0. The highest BCUT2D eigenvalue weighted by Gasteiger charge is 2.53. The predicted octanol–water partition coefficient (Wildman–Crippen LogP) is 3.49. The van der Waals surface area contributed by atoms with Gasteiger partial charge < -0.3 is 0 Å². The van der Waals surface area contributed by atoms with Crippen molar-refractivity contribution in [3.8, 4) is 0 Å². The fourth-order valence-corrected chi connectivity index (χ4v) is 3.10. The minimum Gasteiger partial charge on any atom is -0.274 e. The van der Waals surface area contributed by atoms with Crippen molar-refractivity contribution in [2.45, 2.75) is 34.6 Å². The molecule has 1 aromatic carbocycles. The average molecular weight is 273 g/mol. The van der Waals surface area contributed by atoms with E-state index in [0.29, 0.717) is 5.69 Å². The van der Waals surface area contributed by atoms with Gasteiger partial charge in [0, 0.05) is 0 Å². The smallest absolute Gasteiger partial charge is 0.238 e. The van der Waals surface area contributed by atoms with Crippen LogP contribution in [-0.2, 0) is 9.59 Å². The molecule has 0 spiro atoms. The number of benzene rings is 1. The van der Waals surface area contributed by atoms with Crippen LogP contribution in [0.5, 0.6) is 0 Å². The Hall–Kier alpha value is -1.64. The molecule has 1 fully saturated rings. The Kier molecular flexibility index (Phi) is 3.72. The Balaban J connectivity index is 2.48. The molecule has 0 saturated carbocycles. The van der Waals surface area contributed by atoms with Gasteiger partial charge in [-0.1, -0.05) is 52.8 Å². The molecule has 1 aliphatic heterocycles. The molecule has 2 unspecified atom stereocenters. The summed E-state index contributed by atoms with van der Waals surface area (Å²) in [4.78, 5) is 26.9. The SMILES string of the molecule is CC(C)C1C(=O)N(c2ccccc2)C(=O)C1C(C)(C)C. The second-order valence-electron chi connectivity index (χ2n) is 6.96. The van der Waals surface area contributed by atoms with E-state index >= 15 is 0 Å². The van der Waals surface area contributed by atoms with Gasteiger partial charge in [-0.3, -0.25) is 14.5 Å². The number of imide groups is 1. The van der Waals surface area contributed by atoms with E-state index in [-0.39, 0.29) is 35.0 Å². The lowest BCUT2D eigenvalue weighted by Gasteiger charge is -2.30. The largest absolute Gasteiger partial charge is 0.274 e. The second kappa shape index (κ2) is 5.04. The molecule has 3 heteroatoms. The standard InChI is InChI=1S/C17H23NO2/c1-11(2)13-14(17(3,4)5)16(20)18(15(13)19)12-9-7-6-8-10-12/h6-11,13-14H,1-5H3. The van der Waals surface area contributed by atoms with Crippen LogP contribution in [0.3, 0.4) is 0 Å². The lowest BCUT2D eigenvalue weighted by Crippen LogP contribution is -2.34. The first kappa shape index (κ1) is 14.8. The van der Waals surface area contributed by atoms with Crippen LogP contribution >= 0.6 is 0 Å². The van der Waals surface area contributed by atoms with Crippen molar-refractivity contribution in [3.05, 3.63) is 30.3 Å². The van der Waals surface area contributed by atoms with Crippen molar-refractivity contribution >= 4 is 17.5 Å². The number of rotatable bonds is 2. The molecule has 20 heavy (non-hydrogen) atoms. The molecule has 0 aromatic heterocycles. The molecule has 108 valence electrons. The first-order valence-electron chi connectivity index (χ1n) is 7.18. The summed E-state index contributed by atoms with van der Waals surface area (Å²) in [5.41, 5.74) is 0.463. The molecule has 0 N–H and O–H groups in total. The summed E-state index contributed by atoms with van der Waals surface area (Å²) in [7, 11) is 0. The number of anilines is 1. The van der Waals surface area contributed by atoms with Crippen molar-refractivity contribution in [3.63, 3.8) is 0 Å². The van der Waals surface area contributed by atoms with E-state index in [4.69, 9.17) is 0 Å². The Morgan fingerprint density at radius 1 is 1.00 bits per heavy atom. The van der Waals surface area contributed by atoms with Crippen molar-refractivity contribution in [2.75, 3.05) is 4.90 Å². The van der Waals surface area contributed by atoms with Crippen LogP contribution in [0.25, 0.3) is 0 Å². The molecule has 2 amide bonds. The molecule has 1 saturated heterocycles. The molecule has 1 heterocycles. The lowest BCUT2D eigenvalue weighted by molar-refractivity contribution is -0.124. The highest BCUT2D eigenvalue weighted by molar-refractivity contribution is 6.22. The van der Waals surface area contributed by atoms with E-state index in [0.717, 1.165) is 0 Å². The second-order valence-corrected chi connectivity index (χ2v) is 6.96. The molecule has 2 atom stereocenters. The molecule has 3 nitrogen and oxygen atoms in total. The van der Waals surface area contributed by atoms with Crippen LogP contribution in [0.2, 0.25) is 0 Å². The monoisotopic (exact) mass is 273 g/mol. The number of amides is 2. The molecule has 1 aromatic rings. The Labute approximate surface area is 121 Å². The third-order valence-electron chi connectivity index (χ3n) is 4.02. The van der Waals surface area contributed by atoms with E-state index in [9.17, 15) is 9.59 Å². The van der Waals surface area contributed by atoms with Crippen LogP contribution in [0.4, 0.5) is 5.69 Å². The van der Waals surface area contributed by atoms with Gasteiger partial charge in [-0.25, -0.2) is 0 Å². The maximum absolute atomic E-state index is 12.8. The first-order chi connectivity index (χ1) is 9.25. The van der Waals surface area contributed by atoms with Gasteiger partial charge in [0.25, 0.3) is 0 Å². The van der Waals surface area contributed by atoms with Gasteiger partial charge in [0.05, 0.1) is 17.5 Å². The average Bonchev–Trinajstić information content (AvgIpc) is 2.61. The van der Waals surface area contributed by atoms with Crippen LogP contribution < -0.4 is 4.90 Å². The zero-order valence-electron chi connectivity index (χ0n) is 12.9. The summed E-state index contributed by atoms with van der Waals surface area (Å²) in [5.74, 6) is -0.453. The van der Waals surface area contributed by atoms with Gasteiger partial charge in [0.2, 0.25) is 11.8 Å². The number of nitrogens with zero attached hydrogens (tertiary/aromatic N) is 1. The van der Waals surface area contributed by atoms with Crippen molar-refractivity contribution in [2.24, 2.45) is 23.2 Å². The van der Waals surface area contributed by atoms with Gasteiger partial charge in [0.1, 0.15) is 0 Å². The molecule has 0 bridgehead atoms. The lowest BCUT2D eigenvalue weighted by atomic mass is 9.71. The molecule has 1 aliphatic rings. The van der Waals surface area contributed by atoms with Gasteiger partial charge in [-0.2, -0.15) is 0 Å². The summed E-state index contributed by atoms with van der Waals surface area (Å²) >= 11 is 0. The summed E-state index contributed by atoms with van der Waals surface area (Å²) < 4.78 is 0. The first-order valence-corrected chi connectivity index (χ1v) is 7.18. The van der Waals surface area contributed by atoms with Crippen molar-refractivity contribution in [1.82, 2.24) is 0 Å². The maximum Gasteiger partial charge on any atom is 0.238 e. The third-order valence-corrected chi connectivity index (χ3v) is 4.02. The van der Waals surface area contributed by atoms with E-state index in [2.05, 4.69) is 0 Å². The van der Waals surface area contributed by atoms with E-state index < -0.39 is 0 Å².